The van der Waals surface area contributed by atoms with Gasteiger partial charge < -0.3 is 23.7 Å². The van der Waals surface area contributed by atoms with E-state index in [4.69, 9.17) is 23.7 Å². The third kappa shape index (κ3) is 14.3. The first-order valence-corrected chi connectivity index (χ1v) is 10.2. The van der Waals surface area contributed by atoms with Crippen LogP contribution in [-0.4, -0.2) is 99.0 Å². The molecule has 1 rings (SSSR count). The van der Waals surface area contributed by atoms with Crippen LogP contribution < -0.4 is 0 Å². The van der Waals surface area contributed by atoms with Crippen molar-refractivity contribution in [2.24, 2.45) is 0 Å². The van der Waals surface area contributed by atoms with Crippen LogP contribution in [0.4, 0.5) is 0 Å². The van der Waals surface area contributed by atoms with Gasteiger partial charge in [-0.05, 0) is 13.0 Å². The Bertz CT molecular complexity index is 477. The summed E-state index contributed by atoms with van der Waals surface area (Å²) in [6.07, 6.45) is 1.96. The third-order valence-electron chi connectivity index (χ3n) is 3.66. The molecule has 1 heterocycles. The zero-order chi connectivity index (χ0) is 20.5. The van der Waals surface area contributed by atoms with E-state index in [1.54, 1.807) is 8.99 Å². The van der Waals surface area contributed by atoms with Crippen molar-refractivity contribution in [3.63, 3.8) is 0 Å². The summed E-state index contributed by atoms with van der Waals surface area (Å²) in [5.74, 6) is 0.390. The van der Waals surface area contributed by atoms with Crippen LogP contribution in [-0.2, 0) is 30.2 Å². The van der Waals surface area contributed by atoms with Crippen LogP contribution >= 0.6 is 12.8 Å². The molecule has 0 radical (unpaired) electrons. The molecule has 0 fully saturated rings. The number of hydrogen-bond acceptors (Lipinski definition) is 9. The topological polar surface area (TPSA) is 80.1 Å². The maximum atomic E-state index is 5.53. The minimum Gasteiger partial charge on any atom is -0.378 e. The molecule has 0 aliphatic carbocycles. The average Bonchev–Trinajstić information content (AvgIpc) is 3.13. The Kier molecular flexibility index (Phi) is 15.5. The summed E-state index contributed by atoms with van der Waals surface area (Å²) in [6.45, 7) is 11.4. The Morgan fingerprint density at radius 2 is 1.32 bits per heavy atom. The summed E-state index contributed by atoms with van der Waals surface area (Å²) in [7, 11) is 1.89. The molecule has 0 unspecified atom stereocenters. The molecule has 0 saturated carbocycles. The highest BCUT2D eigenvalue weighted by molar-refractivity contribution is 7.77. The molecule has 1 aromatic rings. The zero-order valence-electron chi connectivity index (χ0n) is 17.4. The van der Waals surface area contributed by atoms with E-state index < -0.39 is 0 Å². The van der Waals surface area contributed by atoms with E-state index in [1.165, 1.54) is 0 Å². The Labute approximate surface area is 174 Å². The van der Waals surface area contributed by atoms with Gasteiger partial charge in [-0.15, -0.1) is 5.10 Å². The molecule has 0 N–H and O–H groups in total. The van der Waals surface area contributed by atoms with Gasteiger partial charge in [0.2, 0.25) is 0 Å². The summed E-state index contributed by atoms with van der Waals surface area (Å²) < 4.78 is 30.8. The SMILES string of the molecule is CC(C)c1cn(CCOCCOCCOCCOCCOCCN(C)S)nn1. The van der Waals surface area contributed by atoms with E-state index >= 15 is 0 Å². The Hall–Kier alpha value is -0.750. The lowest BCUT2D eigenvalue weighted by atomic mass is 10.2. The second-order valence-electron chi connectivity index (χ2n) is 6.50. The summed E-state index contributed by atoms with van der Waals surface area (Å²) in [6, 6.07) is 0. The zero-order valence-corrected chi connectivity index (χ0v) is 18.3. The van der Waals surface area contributed by atoms with Crippen molar-refractivity contribution in [3.8, 4) is 0 Å². The summed E-state index contributed by atoms with van der Waals surface area (Å²) in [4.78, 5) is 0. The third-order valence-corrected chi connectivity index (χ3v) is 3.86. The smallest absolute Gasteiger partial charge is 0.0852 e. The lowest BCUT2D eigenvalue weighted by Gasteiger charge is -2.09. The summed E-state index contributed by atoms with van der Waals surface area (Å²) in [5.41, 5.74) is 0.999. The van der Waals surface area contributed by atoms with E-state index in [0.29, 0.717) is 78.5 Å². The Morgan fingerprint density at radius 3 is 1.75 bits per heavy atom. The van der Waals surface area contributed by atoms with Gasteiger partial charge in [0, 0.05) is 12.7 Å². The van der Waals surface area contributed by atoms with E-state index in [-0.39, 0.29) is 0 Å². The Morgan fingerprint density at radius 1 is 0.857 bits per heavy atom. The molecule has 0 spiro atoms. The van der Waals surface area contributed by atoms with Crippen LogP contribution in [0.2, 0.25) is 0 Å². The van der Waals surface area contributed by atoms with Gasteiger partial charge in [-0.25, -0.2) is 4.68 Å². The number of nitrogens with zero attached hydrogens (tertiary/aromatic N) is 4. The molecule has 9 nitrogen and oxygen atoms in total. The lowest BCUT2D eigenvalue weighted by Crippen LogP contribution is -2.16. The lowest BCUT2D eigenvalue weighted by molar-refractivity contribution is -0.0117. The Balaban J connectivity index is 1.75. The number of hydrogen-bond donors (Lipinski definition) is 1. The molecule has 164 valence electrons. The highest BCUT2D eigenvalue weighted by Crippen LogP contribution is 2.08. The van der Waals surface area contributed by atoms with Crippen molar-refractivity contribution >= 4 is 12.8 Å². The molecular formula is C18H36N4O5S. The van der Waals surface area contributed by atoms with Crippen molar-refractivity contribution in [2.45, 2.75) is 26.3 Å². The predicted molar refractivity (Wildman–Crippen MR) is 110 cm³/mol. The van der Waals surface area contributed by atoms with E-state index in [9.17, 15) is 0 Å². The number of ether oxygens (including phenoxy) is 5. The highest BCUT2D eigenvalue weighted by atomic mass is 32.1. The van der Waals surface area contributed by atoms with Crippen molar-refractivity contribution in [3.05, 3.63) is 11.9 Å². The van der Waals surface area contributed by atoms with E-state index in [2.05, 4.69) is 37.0 Å². The standard InChI is InChI=1S/C18H36N4O5S/c1-17(2)18-16-22(20-19-18)5-7-24-9-11-26-13-15-27-14-12-25-10-8-23-6-4-21(3)28/h16-17,28H,4-15H2,1-3H3. The van der Waals surface area contributed by atoms with E-state index in [0.717, 1.165) is 12.2 Å². The molecule has 1 aromatic heterocycles. The molecule has 0 aliphatic heterocycles. The van der Waals surface area contributed by atoms with Gasteiger partial charge in [0.25, 0.3) is 0 Å². The van der Waals surface area contributed by atoms with Gasteiger partial charge in [0.1, 0.15) is 0 Å². The molecule has 0 saturated heterocycles. The molecule has 28 heavy (non-hydrogen) atoms. The first-order valence-electron chi connectivity index (χ1n) is 9.78. The van der Waals surface area contributed by atoms with Crippen LogP contribution in [0.15, 0.2) is 6.20 Å². The monoisotopic (exact) mass is 420 g/mol. The van der Waals surface area contributed by atoms with Crippen molar-refractivity contribution < 1.29 is 23.7 Å². The minimum absolute atomic E-state index is 0.390. The molecule has 0 amide bonds. The second-order valence-corrected chi connectivity index (χ2v) is 7.19. The van der Waals surface area contributed by atoms with Crippen molar-refractivity contribution in [1.82, 2.24) is 19.3 Å². The molecule has 0 atom stereocenters. The first-order chi connectivity index (χ1) is 13.6. The number of aromatic nitrogens is 3. The molecule has 0 aromatic carbocycles. The van der Waals surface area contributed by atoms with Gasteiger partial charge in [0.15, 0.2) is 0 Å². The highest BCUT2D eigenvalue weighted by Gasteiger charge is 2.04. The summed E-state index contributed by atoms with van der Waals surface area (Å²) >= 11 is 4.13. The number of rotatable bonds is 19. The van der Waals surface area contributed by atoms with Crippen LogP contribution in [0.1, 0.15) is 25.5 Å². The van der Waals surface area contributed by atoms with Gasteiger partial charge in [-0.1, -0.05) is 31.9 Å². The normalized spacial score (nSPS) is 11.8. The summed E-state index contributed by atoms with van der Waals surface area (Å²) in [5, 5.41) is 8.18. The maximum Gasteiger partial charge on any atom is 0.0852 e. The minimum atomic E-state index is 0.390. The largest absolute Gasteiger partial charge is 0.378 e. The van der Waals surface area contributed by atoms with Crippen molar-refractivity contribution in [2.75, 3.05) is 79.7 Å². The van der Waals surface area contributed by atoms with Crippen LogP contribution in [0, 0.1) is 0 Å². The fraction of sp³-hybridized carbons (Fsp3) is 0.889. The first kappa shape index (κ1) is 25.3. The van der Waals surface area contributed by atoms with E-state index in [1.807, 2.05) is 13.2 Å². The fourth-order valence-electron chi connectivity index (χ4n) is 2.02. The number of thiol groups is 1. The molecular weight excluding hydrogens is 384 g/mol. The van der Waals surface area contributed by atoms with Crippen LogP contribution in [0.5, 0.6) is 0 Å². The van der Waals surface area contributed by atoms with Crippen molar-refractivity contribution in [1.29, 1.82) is 0 Å². The quantitative estimate of drug-likeness (QED) is 0.265. The molecule has 10 heteroatoms. The average molecular weight is 421 g/mol. The maximum absolute atomic E-state index is 5.53. The van der Waals surface area contributed by atoms with Crippen LogP contribution in [0.3, 0.4) is 0 Å². The molecule has 0 aliphatic rings. The van der Waals surface area contributed by atoms with Gasteiger partial charge in [0.05, 0.1) is 78.3 Å². The fourth-order valence-corrected chi connectivity index (χ4v) is 2.11. The van der Waals surface area contributed by atoms with Crippen LogP contribution in [0.25, 0.3) is 0 Å². The number of likely N-dealkylation sites (N-methyl/N-ethyl adjacent to an activating group) is 1. The second kappa shape index (κ2) is 17.1. The predicted octanol–water partition coefficient (Wildman–Crippen LogP) is 1.26. The van der Waals surface area contributed by atoms with Gasteiger partial charge >= 0.3 is 0 Å². The van der Waals surface area contributed by atoms with Gasteiger partial charge in [-0.3, -0.25) is 4.31 Å². The van der Waals surface area contributed by atoms with Gasteiger partial charge in [-0.2, -0.15) is 0 Å². The molecule has 0 bridgehead atoms.